The molecule has 0 radical (unpaired) electrons. The lowest BCUT2D eigenvalue weighted by atomic mass is 10.1. The molecule has 0 fully saturated rings. The summed E-state index contributed by atoms with van der Waals surface area (Å²) < 4.78 is 0. The molecule has 1 rings (SSSR count). The Balaban J connectivity index is 2.85. The number of hydrogen-bond acceptors (Lipinski definition) is 3. The first kappa shape index (κ1) is 9.70. The van der Waals surface area contributed by atoms with Gasteiger partial charge in [-0.2, -0.15) is 0 Å². The van der Waals surface area contributed by atoms with Gasteiger partial charge >= 0.3 is 5.97 Å². The van der Waals surface area contributed by atoms with E-state index < -0.39 is 12.0 Å². The van der Waals surface area contributed by atoms with Gasteiger partial charge in [0.1, 0.15) is 6.04 Å². The van der Waals surface area contributed by atoms with Crippen LogP contribution in [0.2, 0.25) is 0 Å². The van der Waals surface area contributed by atoms with Crippen LogP contribution in [0.25, 0.3) is 0 Å². The highest BCUT2D eigenvalue weighted by Crippen LogP contribution is 2.11. The summed E-state index contributed by atoms with van der Waals surface area (Å²) in [5, 5.41) is 8.61. The lowest BCUT2D eigenvalue weighted by Gasteiger charge is -2.06. The van der Waals surface area contributed by atoms with Gasteiger partial charge in [-0.1, -0.05) is 24.3 Å². The van der Waals surface area contributed by atoms with Gasteiger partial charge in [-0.25, -0.2) is 0 Å². The molecule has 1 atom stereocenters. The normalized spacial score (nSPS) is 12.5. The minimum Gasteiger partial charge on any atom is -0.480 e. The van der Waals surface area contributed by atoms with Crippen molar-refractivity contribution in [3.63, 3.8) is 0 Å². The quantitative estimate of drug-likeness (QED) is 0.621. The predicted molar refractivity (Wildman–Crippen MR) is 48.9 cm³/mol. The van der Waals surface area contributed by atoms with Crippen LogP contribution in [0.1, 0.15) is 17.2 Å². The molecule has 0 spiro atoms. The van der Waals surface area contributed by atoms with Gasteiger partial charge in [-0.3, -0.25) is 4.79 Å². The molecule has 1 aromatic rings. The summed E-state index contributed by atoms with van der Waals surface area (Å²) in [7, 11) is 0. The maximum Gasteiger partial charge on any atom is 0.325 e. The van der Waals surface area contributed by atoms with Gasteiger partial charge in [-0.05, 0) is 11.1 Å². The number of nitrogens with two attached hydrogens (primary N) is 2. The zero-order chi connectivity index (χ0) is 9.84. The smallest absolute Gasteiger partial charge is 0.325 e. The molecule has 4 heteroatoms. The highest BCUT2D eigenvalue weighted by atomic mass is 16.4. The minimum absolute atomic E-state index is 0.447. The minimum atomic E-state index is -1.03. The van der Waals surface area contributed by atoms with Gasteiger partial charge in [0.15, 0.2) is 0 Å². The van der Waals surface area contributed by atoms with Crippen molar-refractivity contribution in [1.29, 1.82) is 0 Å². The van der Waals surface area contributed by atoms with E-state index >= 15 is 0 Å². The first-order valence-corrected chi connectivity index (χ1v) is 3.92. The molecule has 0 aliphatic carbocycles. The number of rotatable bonds is 3. The van der Waals surface area contributed by atoms with Gasteiger partial charge in [0.25, 0.3) is 0 Å². The fourth-order valence-corrected chi connectivity index (χ4v) is 1.00. The molecule has 0 heterocycles. The molecule has 13 heavy (non-hydrogen) atoms. The number of aliphatic carboxylic acids is 1. The van der Waals surface area contributed by atoms with Crippen LogP contribution in [0.15, 0.2) is 24.3 Å². The van der Waals surface area contributed by atoms with E-state index in [1.807, 2.05) is 0 Å². The number of carboxylic acids is 1. The fraction of sp³-hybridized carbons (Fsp3) is 0.222. The van der Waals surface area contributed by atoms with Crippen LogP contribution in [0, 0.1) is 0 Å². The van der Waals surface area contributed by atoms with Gasteiger partial charge in [-0.15, -0.1) is 0 Å². The predicted octanol–water partition coefficient (Wildman–Crippen LogP) is 0.230. The summed E-state index contributed by atoms with van der Waals surface area (Å²) in [5.74, 6) is -1.03. The standard InChI is InChI=1S/C9H12N2O2/c10-5-6-1-3-7(4-2-6)8(11)9(12)13/h1-4,8H,5,10-11H2,(H,12,13)/t8-/m0/s1. The Labute approximate surface area is 76.2 Å². The highest BCUT2D eigenvalue weighted by Gasteiger charge is 2.12. The van der Waals surface area contributed by atoms with Crippen LogP contribution < -0.4 is 11.5 Å². The molecule has 70 valence electrons. The molecule has 0 aliphatic rings. The molecule has 0 unspecified atom stereocenters. The van der Waals surface area contributed by atoms with Crippen molar-refractivity contribution in [2.75, 3.05) is 0 Å². The molecule has 0 saturated carbocycles. The van der Waals surface area contributed by atoms with E-state index in [0.717, 1.165) is 5.56 Å². The Hall–Kier alpha value is -1.39. The summed E-state index contributed by atoms with van der Waals surface area (Å²) in [6.45, 7) is 0.447. The maximum absolute atomic E-state index is 10.5. The number of carboxylic acid groups (broad SMARTS) is 1. The summed E-state index contributed by atoms with van der Waals surface area (Å²) in [5.41, 5.74) is 12.3. The second-order valence-corrected chi connectivity index (χ2v) is 2.76. The average molecular weight is 180 g/mol. The van der Waals surface area contributed by atoms with E-state index in [-0.39, 0.29) is 0 Å². The molecule has 0 saturated heterocycles. The molecular weight excluding hydrogens is 168 g/mol. The molecule has 5 N–H and O–H groups in total. The van der Waals surface area contributed by atoms with E-state index in [9.17, 15) is 4.79 Å². The molecule has 0 aliphatic heterocycles. The number of hydrogen-bond donors (Lipinski definition) is 3. The van der Waals surface area contributed by atoms with Gasteiger partial charge in [0.05, 0.1) is 0 Å². The molecule has 1 aromatic carbocycles. The second-order valence-electron chi connectivity index (χ2n) is 2.76. The second kappa shape index (κ2) is 4.02. The van der Waals surface area contributed by atoms with Crippen LogP contribution in [0.3, 0.4) is 0 Å². The molecule has 0 bridgehead atoms. The van der Waals surface area contributed by atoms with Crippen molar-refractivity contribution in [2.24, 2.45) is 11.5 Å². The first-order chi connectivity index (χ1) is 6.15. The first-order valence-electron chi connectivity index (χ1n) is 3.92. The molecule has 0 amide bonds. The lowest BCUT2D eigenvalue weighted by molar-refractivity contribution is -0.138. The number of carbonyl (C=O) groups is 1. The summed E-state index contributed by atoms with van der Waals surface area (Å²) in [6, 6.07) is 5.96. The van der Waals surface area contributed by atoms with Crippen molar-refractivity contribution in [2.45, 2.75) is 12.6 Å². The van der Waals surface area contributed by atoms with Crippen molar-refractivity contribution >= 4 is 5.97 Å². The Morgan fingerprint density at radius 2 is 1.92 bits per heavy atom. The molecular formula is C9H12N2O2. The van der Waals surface area contributed by atoms with Crippen molar-refractivity contribution in [3.8, 4) is 0 Å². The Kier molecular flexibility index (Phi) is 3.00. The van der Waals surface area contributed by atoms with Crippen LogP contribution in [-0.2, 0) is 11.3 Å². The van der Waals surface area contributed by atoms with Crippen molar-refractivity contribution in [1.82, 2.24) is 0 Å². The fourth-order valence-electron chi connectivity index (χ4n) is 1.00. The Morgan fingerprint density at radius 1 is 1.38 bits per heavy atom. The van der Waals surface area contributed by atoms with Crippen LogP contribution in [0.5, 0.6) is 0 Å². The van der Waals surface area contributed by atoms with Crippen molar-refractivity contribution < 1.29 is 9.90 Å². The van der Waals surface area contributed by atoms with Gasteiger partial charge < -0.3 is 16.6 Å². The number of benzene rings is 1. The topological polar surface area (TPSA) is 89.3 Å². The third kappa shape index (κ3) is 2.27. The van der Waals surface area contributed by atoms with E-state index in [0.29, 0.717) is 12.1 Å². The zero-order valence-corrected chi connectivity index (χ0v) is 7.10. The van der Waals surface area contributed by atoms with E-state index in [2.05, 4.69) is 0 Å². The maximum atomic E-state index is 10.5. The van der Waals surface area contributed by atoms with E-state index in [4.69, 9.17) is 16.6 Å². The largest absolute Gasteiger partial charge is 0.480 e. The van der Waals surface area contributed by atoms with Gasteiger partial charge in [0.2, 0.25) is 0 Å². The van der Waals surface area contributed by atoms with E-state index in [1.165, 1.54) is 0 Å². The zero-order valence-electron chi connectivity index (χ0n) is 7.10. The molecule has 4 nitrogen and oxygen atoms in total. The average Bonchev–Trinajstić information content (AvgIpc) is 2.17. The van der Waals surface area contributed by atoms with Crippen molar-refractivity contribution in [3.05, 3.63) is 35.4 Å². The Bertz CT molecular complexity index is 295. The Morgan fingerprint density at radius 3 is 2.31 bits per heavy atom. The SMILES string of the molecule is NCc1ccc([C@H](N)C(=O)O)cc1. The summed E-state index contributed by atoms with van der Waals surface area (Å²) >= 11 is 0. The molecule has 0 aromatic heterocycles. The summed E-state index contributed by atoms with van der Waals surface area (Å²) in [4.78, 5) is 10.5. The lowest BCUT2D eigenvalue weighted by Crippen LogP contribution is -2.20. The van der Waals surface area contributed by atoms with E-state index in [1.54, 1.807) is 24.3 Å². The highest BCUT2D eigenvalue weighted by molar-refractivity contribution is 5.75. The van der Waals surface area contributed by atoms with Crippen LogP contribution in [-0.4, -0.2) is 11.1 Å². The van der Waals surface area contributed by atoms with Crippen LogP contribution >= 0.6 is 0 Å². The third-order valence-corrected chi connectivity index (χ3v) is 1.84. The third-order valence-electron chi connectivity index (χ3n) is 1.84. The summed E-state index contributed by atoms with van der Waals surface area (Å²) in [6.07, 6.45) is 0. The van der Waals surface area contributed by atoms with Gasteiger partial charge in [0, 0.05) is 6.54 Å². The monoisotopic (exact) mass is 180 g/mol. The van der Waals surface area contributed by atoms with Crippen LogP contribution in [0.4, 0.5) is 0 Å².